The van der Waals surface area contributed by atoms with Gasteiger partial charge in [-0.05, 0) is 30.2 Å². The summed E-state index contributed by atoms with van der Waals surface area (Å²) in [6.45, 7) is 5.03. The summed E-state index contributed by atoms with van der Waals surface area (Å²) >= 11 is 0. The second kappa shape index (κ2) is 6.23. The summed E-state index contributed by atoms with van der Waals surface area (Å²) in [5.41, 5.74) is 8.19. The molecule has 0 aliphatic carbocycles. The number of anilines is 2. The summed E-state index contributed by atoms with van der Waals surface area (Å²) in [6.07, 6.45) is 1.71. The number of rotatable bonds is 5. The second-order valence-electron chi connectivity index (χ2n) is 5.15. The first kappa shape index (κ1) is 14.1. The van der Waals surface area contributed by atoms with E-state index in [0.717, 1.165) is 16.6 Å². The number of pyridine rings is 1. The van der Waals surface area contributed by atoms with Gasteiger partial charge in [0.15, 0.2) is 0 Å². The fraction of sp³-hybridized carbons (Fsp3) is 0.333. The molecule has 1 aromatic heterocycles. The Morgan fingerprint density at radius 2 is 2.15 bits per heavy atom. The number of benzene rings is 1. The number of hydrogen-bond donors (Lipinski definition) is 3. The highest BCUT2D eigenvalue weighted by Gasteiger charge is 2.07. The van der Waals surface area contributed by atoms with Gasteiger partial charge in [0.1, 0.15) is 0 Å². The first-order valence-electron chi connectivity index (χ1n) is 6.71. The maximum Gasteiger partial charge on any atom is 0.239 e. The first-order chi connectivity index (χ1) is 9.58. The molecule has 0 fully saturated rings. The third kappa shape index (κ3) is 3.38. The monoisotopic (exact) mass is 272 g/mol. The van der Waals surface area contributed by atoms with Crippen molar-refractivity contribution < 1.29 is 4.79 Å². The lowest BCUT2D eigenvalue weighted by Gasteiger charge is -2.11. The zero-order valence-electron chi connectivity index (χ0n) is 11.8. The molecule has 1 heterocycles. The molecule has 1 aromatic carbocycles. The molecule has 106 valence electrons. The number of amides is 1. The fourth-order valence-corrected chi connectivity index (χ4v) is 1.89. The lowest BCUT2D eigenvalue weighted by molar-refractivity contribution is -0.119. The molecule has 0 aliphatic heterocycles. The van der Waals surface area contributed by atoms with Gasteiger partial charge in [-0.25, -0.2) is 0 Å². The molecule has 2 aromatic rings. The minimum absolute atomic E-state index is 0.0281. The van der Waals surface area contributed by atoms with Crippen LogP contribution < -0.4 is 16.4 Å². The van der Waals surface area contributed by atoms with E-state index in [9.17, 15) is 4.79 Å². The molecule has 0 saturated carbocycles. The van der Waals surface area contributed by atoms with E-state index in [4.69, 9.17) is 5.73 Å². The first-order valence-corrected chi connectivity index (χ1v) is 6.71. The predicted molar refractivity (Wildman–Crippen MR) is 82.5 cm³/mol. The van der Waals surface area contributed by atoms with E-state index >= 15 is 0 Å². The molecule has 0 aliphatic rings. The number of nitrogens with one attached hydrogen (secondary N) is 2. The number of carbonyl (C=O) groups is 1. The molecule has 0 atom stereocenters. The van der Waals surface area contributed by atoms with Crippen molar-refractivity contribution >= 4 is 28.2 Å². The van der Waals surface area contributed by atoms with Gasteiger partial charge in [-0.15, -0.1) is 0 Å². The van der Waals surface area contributed by atoms with E-state index in [1.54, 1.807) is 6.20 Å². The van der Waals surface area contributed by atoms with E-state index in [-0.39, 0.29) is 12.5 Å². The van der Waals surface area contributed by atoms with Crippen LogP contribution in [0.25, 0.3) is 10.9 Å². The lowest BCUT2D eigenvalue weighted by atomic mass is 10.1. The molecular formula is C15H20N4O. The quantitative estimate of drug-likeness (QED) is 0.727. The van der Waals surface area contributed by atoms with Crippen LogP contribution in [-0.4, -0.2) is 24.0 Å². The number of nitrogens with two attached hydrogens (primary N) is 1. The fourth-order valence-electron chi connectivity index (χ4n) is 1.89. The van der Waals surface area contributed by atoms with Crippen LogP contribution in [0.2, 0.25) is 0 Å². The third-order valence-electron chi connectivity index (χ3n) is 2.95. The summed E-state index contributed by atoms with van der Waals surface area (Å²) in [7, 11) is 0. The topological polar surface area (TPSA) is 80.0 Å². The highest BCUT2D eigenvalue weighted by Crippen LogP contribution is 2.25. The van der Waals surface area contributed by atoms with Crippen molar-refractivity contribution in [3.8, 4) is 0 Å². The molecule has 2 rings (SSSR count). The van der Waals surface area contributed by atoms with Gasteiger partial charge in [0.25, 0.3) is 0 Å². The van der Waals surface area contributed by atoms with E-state index in [1.807, 2.05) is 24.3 Å². The van der Waals surface area contributed by atoms with Crippen LogP contribution in [0.4, 0.5) is 11.4 Å². The molecule has 0 unspecified atom stereocenters. The average Bonchev–Trinajstić information content (AvgIpc) is 2.45. The van der Waals surface area contributed by atoms with Crippen molar-refractivity contribution in [3.63, 3.8) is 0 Å². The summed E-state index contributed by atoms with van der Waals surface area (Å²) < 4.78 is 0. The Kier molecular flexibility index (Phi) is 4.40. The summed E-state index contributed by atoms with van der Waals surface area (Å²) in [4.78, 5) is 16.0. The van der Waals surface area contributed by atoms with E-state index < -0.39 is 0 Å². The largest absolute Gasteiger partial charge is 0.398 e. The van der Waals surface area contributed by atoms with Crippen LogP contribution in [0.15, 0.2) is 30.5 Å². The summed E-state index contributed by atoms with van der Waals surface area (Å²) in [5.74, 6) is 0.414. The van der Waals surface area contributed by atoms with Crippen LogP contribution in [0, 0.1) is 5.92 Å². The molecule has 5 heteroatoms. The summed E-state index contributed by atoms with van der Waals surface area (Å²) in [5, 5.41) is 6.86. The van der Waals surface area contributed by atoms with Crippen LogP contribution in [0.1, 0.15) is 13.8 Å². The minimum atomic E-state index is -0.0281. The maximum absolute atomic E-state index is 11.7. The second-order valence-corrected chi connectivity index (χ2v) is 5.15. The van der Waals surface area contributed by atoms with E-state index in [0.29, 0.717) is 18.2 Å². The molecule has 0 radical (unpaired) electrons. The molecule has 20 heavy (non-hydrogen) atoms. The zero-order valence-corrected chi connectivity index (χ0v) is 11.8. The highest BCUT2D eigenvalue weighted by atomic mass is 16.1. The third-order valence-corrected chi connectivity index (χ3v) is 2.95. The average molecular weight is 272 g/mol. The maximum atomic E-state index is 11.7. The number of carbonyl (C=O) groups excluding carboxylic acids is 1. The van der Waals surface area contributed by atoms with Crippen LogP contribution in [0.3, 0.4) is 0 Å². The number of nitrogens with zero attached hydrogens (tertiary/aromatic N) is 1. The Morgan fingerprint density at radius 1 is 1.35 bits per heavy atom. The number of hydrogen-bond acceptors (Lipinski definition) is 4. The Bertz CT molecular complexity index is 610. The van der Waals surface area contributed by atoms with E-state index in [2.05, 4.69) is 29.5 Å². The normalized spacial score (nSPS) is 10.8. The Hall–Kier alpha value is -2.30. The minimum Gasteiger partial charge on any atom is -0.398 e. The van der Waals surface area contributed by atoms with Crippen molar-refractivity contribution in [1.29, 1.82) is 0 Å². The molecular weight excluding hydrogens is 252 g/mol. The number of aromatic nitrogens is 1. The van der Waals surface area contributed by atoms with Crippen LogP contribution in [-0.2, 0) is 4.79 Å². The Balaban J connectivity index is 2.07. The van der Waals surface area contributed by atoms with Gasteiger partial charge in [0, 0.05) is 23.8 Å². The van der Waals surface area contributed by atoms with Gasteiger partial charge in [0.2, 0.25) is 5.91 Å². The Labute approximate surface area is 118 Å². The molecule has 5 nitrogen and oxygen atoms in total. The SMILES string of the molecule is CC(C)CNC(=O)CNc1ccc(N)c2cccnc12. The smallest absolute Gasteiger partial charge is 0.239 e. The van der Waals surface area contributed by atoms with E-state index in [1.165, 1.54) is 0 Å². The predicted octanol–water partition coefficient (Wildman–Crippen LogP) is 2.00. The molecule has 0 bridgehead atoms. The molecule has 1 amide bonds. The zero-order chi connectivity index (χ0) is 14.5. The van der Waals surface area contributed by atoms with Gasteiger partial charge in [-0.1, -0.05) is 13.8 Å². The van der Waals surface area contributed by atoms with Gasteiger partial charge >= 0.3 is 0 Å². The molecule has 0 spiro atoms. The van der Waals surface area contributed by atoms with Gasteiger partial charge in [-0.2, -0.15) is 0 Å². The van der Waals surface area contributed by atoms with Crippen LogP contribution >= 0.6 is 0 Å². The van der Waals surface area contributed by atoms with Crippen molar-refractivity contribution in [2.45, 2.75) is 13.8 Å². The van der Waals surface area contributed by atoms with Crippen LogP contribution in [0.5, 0.6) is 0 Å². The van der Waals surface area contributed by atoms with Gasteiger partial charge in [-0.3, -0.25) is 9.78 Å². The molecule has 4 N–H and O–H groups in total. The Morgan fingerprint density at radius 3 is 2.90 bits per heavy atom. The number of fused-ring (bicyclic) bond motifs is 1. The standard InChI is InChI=1S/C15H20N4O/c1-10(2)8-19-14(20)9-18-13-6-5-12(16)11-4-3-7-17-15(11)13/h3-7,10,18H,8-9,16H2,1-2H3,(H,19,20). The van der Waals surface area contributed by atoms with Crippen molar-refractivity contribution in [2.75, 3.05) is 24.1 Å². The highest BCUT2D eigenvalue weighted by molar-refractivity contribution is 5.99. The lowest BCUT2D eigenvalue weighted by Crippen LogP contribution is -2.32. The van der Waals surface area contributed by atoms with Crippen molar-refractivity contribution in [2.24, 2.45) is 5.92 Å². The number of nitrogen functional groups attached to an aromatic ring is 1. The van der Waals surface area contributed by atoms with Gasteiger partial charge in [0.05, 0.1) is 17.7 Å². The van der Waals surface area contributed by atoms with Crippen molar-refractivity contribution in [3.05, 3.63) is 30.5 Å². The summed E-state index contributed by atoms with van der Waals surface area (Å²) in [6, 6.07) is 7.43. The van der Waals surface area contributed by atoms with Gasteiger partial charge < -0.3 is 16.4 Å². The van der Waals surface area contributed by atoms with Crippen molar-refractivity contribution in [1.82, 2.24) is 10.3 Å². The molecule has 0 saturated heterocycles.